The van der Waals surface area contributed by atoms with Gasteiger partial charge in [0.25, 0.3) is 0 Å². The number of halogens is 1. The van der Waals surface area contributed by atoms with E-state index in [-0.39, 0.29) is 5.57 Å². The minimum Gasteiger partial charge on any atom is -0.545 e. The summed E-state index contributed by atoms with van der Waals surface area (Å²) in [6.07, 6.45) is 0. The van der Waals surface area contributed by atoms with Crippen LogP contribution in [-0.4, -0.2) is 31.1 Å². The summed E-state index contributed by atoms with van der Waals surface area (Å²) in [5, 5.41) is 9.49. The number of carboxylic acid groups (broad SMARTS) is 1. The molecule has 0 bridgehead atoms. The molecule has 0 aromatic rings. The number of nitrogens with zero attached hydrogens (tertiary/aromatic N) is 1. The lowest BCUT2D eigenvalue weighted by atomic mass is 10.4. The van der Waals surface area contributed by atoms with Crippen molar-refractivity contribution < 1.29 is 13.9 Å². The molecule has 0 fully saturated rings. The molecule has 0 N–H and O–H groups in total. The highest BCUT2D eigenvalue weighted by atomic mass is 35.5. The molecule has 0 aliphatic carbocycles. The van der Waals surface area contributed by atoms with E-state index < -0.39 is 5.97 Å². The van der Waals surface area contributed by atoms with Gasteiger partial charge in [-0.2, -0.15) is 0 Å². The van der Waals surface area contributed by atoms with Gasteiger partial charge in [0.2, 0.25) is 0 Å². The van der Waals surface area contributed by atoms with Gasteiger partial charge >= 0.3 is 0 Å². The minimum absolute atomic E-state index is 0.0648. The summed E-state index contributed by atoms with van der Waals surface area (Å²) < 4.78 is 0.472. The number of carbonyl (C=O) groups is 1. The Labute approximate surface area is 72.6 Å². The van der Waals surface area contributed by atoms with E-state index in [4.69, 9.17) is 11.8 Å². The van der Waals surface area contributed by atoms with Gasteiger partial charge in [-0.25, -0.2) is 4.00 Å². The Bertz CT molecular complexity index is 131. The summed E-state index contributed by atoms with van der Waals surface area (Å²) in [6, 6.07) is 0. The van der Waals surface area contributed by atoms with Gasteiger partial charge in [0, 0.05) is 0 Å². The van der Waals surface area contributed by atoms with E-state index >= 15 is 0 Å². The third kappa shape index (κ3) is 44.0. The number of hydrogen-bond donors (Lipinski definition) is 0. The first-order valence-electron chi connectivity index (χ1n) is 3.02. The molecular formula is C7H14ClNO2. The van der Waals surface area contributed by atoms with Crippen molar-refractivity contribution in [1.29, 1.82) is 0 Å². The van der Waals surface area contributed by atoms with Gasteiger partial charge in [-0.05, 0) is 12.5 Å². The van der Waals surface area contributed by atoms with Crippen LogP contribution in [-0.2, 0) is 4.79 Å². The van der Waals surface area contributed by atoms with Crippen LogP contribution in [0.1, 0.15) is 6.92 Å². The number of carboxylic acids is 1. The lowest BCUT2D eigenvalue weighted by Gasteiger charge is -2.07. The molecule has 0 aliphatic rings. The predicted molar refractivity (Wildman–Crippen MR) is 43.7 cm³/mol. The number of carbonyl (C=O) groups excluding carboxylic acids is 1. The van der Waals surface area contributed by atoms with Crippen molar-refractivity contribution in [2.45, 2.75) is 6.92 Å². The van der Waals surface area contributed by atoms with Crippen molar-refractivity contribution in [2.24, 2.45) is 0 Å². The van der Waals surface area contributed by atoms with E-state index in [9.17, 15) is 9.90 Å². The first-order chi connectivity index (χ1) is 4.64. The van der Waals surface area contributed by atoms with Gasteiger partial charge in [-0.15, -0.1) is 0 Å². The monoisotopic (exact) mass is 179 g/mol. The molecule has 0 atom stereocenters. The summed E-state index contributed by atoms with van der Waals surface area (Å²) in [5.41, 5.74) is 0.0648. The molecule has 0 saturated heterocycles. The fourth-order valence-corrected chi connectivity index (χ4v) is 0. The van der Waals surface area contributed by atoms with E-state index in [1.54, 1.807) is 0 Å². The highest BCUT2D eigenvalue weighted by Gasteiger charge is 1.95. The largest absolute Gasteiger partial charge is 0.545 e. The van der Waals surface area contributed by atoms with E-state index in [2.05, 4.69) is 6.58 Å². The van der Waals surface area contributed by atoms with Crippen LogP contribution in [0.15, 0.2) is 12.2 Å². The second kappa shape index (κ2) is 5.16. The van der Waals surface area contributed by atoms with Gasteiger partial charge in [-0.3, -0.25) is 0 Å². The molecule has 0 radical (unpaired) electrons. The Morgan fingerprint density at radius 1 is 1.45 bits per heavy atom. The second-order valence-electron chi connectivity index (χ2n) is 2.92. The molecule has 11 heavy (non-hydrogen) atoms. The van der Waals surface area contributed by atoms with Crippen molar-refractivity contribution >= 4 is 17.7 Å². The van der Waals surface area contributed by atoms with Gasteiger partial charge in [0.05, 0.1) is 27.1 Å². The Morgan fingerprint density at radius 3 is 1.55 bits per heavy atom. The number of aliphatic carboxylic acids is 1. The number of hydrogen-bond acceptors (Lipinski definition) is 2. The van der Waals surface area contributed by atoms with Crippen LogP contribution >= 0.6 is 11.8 Å². The van der Waals surface area contributed by atoms with Crippen LogP contribution in [0.5, 0.6) is 0 Å². The van der Waals surface area contributed by atoms with Crippen molar-refractivity contribution in [1.82, 2.24) is 0 Å². The summed E-state index contributed by atoms with van der Waals surface area (Å²) in [7, 11) is 5.67. The Hall–Kier alpha value is -0.540. The second-order valence-corrected chi connectivity index (χ2v) is 3.93. The van der Waals surface area contributed by atoms with Gasteiger partial charge in [0.15, 0.2) is 11.8 Å². The van der Waals surface area contributed by atoms with Crippen molar-refractivity contribution in [3.8, 4) is 0 Å². The molecule has 66 valence electrons. The van der Waals surface area contributed by atoms with Crippen LogP contribution in [0.25, 0.3) is 0 Å². The zero-order chi connectivity index (χ0) is 9.65. The predicted octanol–water partition coefficient (Wildman–Crippen LogP) is 0.159. The third-order valence-electron chi connectivity index (χ3n) is 0.348. The molecule has 0 aromatic carbocycles. The van der Waals surface area contributed by atoms with Crippen molar-refractivity contribution in [2.75, 3.05) is 21.1 Å². The van der Waals surface area contributed by atoms with Gasteiger partial charge in [0.1, 0.15) is 0 Å². The Balaban J connectivity index is 0. The average molecular weight is 180 g/mol. The van der Waals surface area contributed by atoms with E-state index in [0.717, 1.165) is 0 Å². The van der Waals surface area contributed by atoms with E-state index in [1.807, 2.05) is 21.1 Å². The summed E-state index contributed by atoms with van der Waals surface area (Å²) in [4.78, 5) is 9.49. The molecule has 0 amide bonds. The first-order valence-corrected chi connectivity index (χ1v) is 3.36. The minimum atomic E-state index is -1.19. The zero-order valence-electron chi connectivity index (χ0n) is 7.35. The molecular weight excluding hydrogens is 166 g/mol. The van der Waals surface area contributed by atoms with E-state index in [0.29, 0.717) is 4.00 Å². The fraction of sp³-hybridized carbons (Fsp3) is 0.571. The normalized spacial score (nSPS) is 9.55. The highest BCUT2D eigenvalue weighted by molar-refractivity contribution is 6.06. The maximum absolute atomic E-state index is 9.49. The zero-order valence-corrected chi connectivity index (χ0v) is 8.10. The van der Waals surface area contributed by atoms with Crippen LogP contribution in [0.4, 0.5) is 0 Å². The molecule has 0 saturated carbocycles. The summed E-state index contributed by atoms with van der Waals surface area (Å²) >= 11 is 5.47. The number of quaternary nitrogens is 1. The Kier molecular flexibility index (Phi) is 6.13. The van der Waals surface area contributed by atoms with Crippen LogP contribution in [0.3, 0.4) is 0 Å². The topological polar surface area (TPSA) is 40.1 Å². The lowest BCUT2D eigenvalue weighted by molar-refractivity contribution is -0.747. The molecule has 0 heterocycles. The molecule has 4 heteroatoms. The first kappa shape index (κ1) is 13.1. The van der Waals surface area contributed by atoms with Gasteiger partial charge < -0.3 is 9.90 Å². The van der Waals surface area contributed by atoms with E-state index in [1.165, 1.54) is 6.92 Å². The van der Waals surface area contributed by atoms with Crippen LogP contribution < -0.4 is 5.11 Å². The fourth-order valence-electron chi connectivity index (χ4n) is 0. The molecule has 3 nitrogen and oxygen atoms in total. The summed E-state index contributed by atoms with van der Waals surface area (Å²) in [5.74, 6) is -1.19. The quantitative estimate of drug-likeness (QED) is 0.425. The lowest BCUT2D eigenvalue weighted by Crippen LogP contribution is -2.22. The van der Waals surface area contributed by atoms with Crippen molar-refractivity contribution in [3.63, 3.8) is 0 Å². The molecule has 0 unspecified atom stereocenters. The third-order valence-corrected chi connectivity index (χ3v) is 0.348. The molecule has 0 spiro atoms. The van der Waals surface area contributed by atoms with Crippen LogP contribution in [0.2, 0.25) is 0 Å². The standard InChI is InChI=1S/C4H6O2.C3H9ClN/c1-3(2)4(5)6;1-5(2,3)4/h1H2,2H3,(H,5,6);1-3H3/q;+1/p-1. The summed E-state index contributed by atoms with van der Waals surface area (Å²) in [6.45, 7) is 4.48. The van der Waals surface area contributed by atoms with Crippen molar-refractivity contribution in [3.05, 3.63) is 12.2 Å². The highest BCUT2D eigenvalue weighted by Crippen LogP contribution is 1.91. The maximum Gasteiger partial charge on any atom is 0.164 e. The SMILES string of the molecule is C=C(C)C(=O)[O-].C[N+](C)(C)Cl. The molecule has 0 rings (SSSR count). The maximum atomic E-state index is 9.49. The number of rotatable bonds is 1. The molecule has 0 aliphatic heterocycles. The molecule has 0 aromatic heterocycles. The Morgan fingerprint density at radius 2 is 1.55 bits per heavy atom. The smallest absolute Gasteiger partial charge is 0.164 e. The van der Waals surface area contributed by atoms with Gasteiger partial charge in [-0.1, -0.05) is 6.58 Å². The van der Waals surface area contributed by atoms with Crippen LogP contribution in [0, 0.1) is 0 Å². The average Bonchev–Trinajstić information content (AvgIpc) is 1.59.